The van der Waals surface area contributed by atoms with Gasteiger partial charge in [0.25, 0.3) is 0 Å². The van der Waals surface area contributed by atoms with Crippen LogP contribution in [-0.4, -0.2) is 18.0 Å². The molecule has 1 heterocycles. The molecule has 0 aromatic heterocycles. The third-order valence-electron chi connectivity index (χ3n) is 3.30. The van der Waals surface area contributed by atoms with Crippen LogP contribution in [0.2, 0.25) is 0 Å². The Morgan fingerprint density at radius 1 is 1.53 bits per heavy atom. The predicted molar refractivity (Wildman–Crippen MR) is 64.1 cm³/mol. The highest BCUT2D eigenvalue weighted by Crippen LogP contribution is 2.33. The van der Waals surface area contributed by atoms with Gasteiger partial charge in [0.05, 0.1) is 0 Å². The summed E-state index contributed by atoms with van der Waals surface area (Å²) in [6.07, 6.45) is 8.18. The first-order valence-electron chi connectivity index (χ1n) is 6.09. The second-order valence-electron chi connectivity index (χ2n) is 5.19. The molecule has 2 aliphatic rings. The lowest BCUT2D eigenvalue weighted by atomic mass is 9.86. The van der Waals surface area contributed by atoms with E-state index < -0.39 is 0 Å². The minimum absolute atomic E-state index is 0.733. The summed E-state index contributed by atoms with van der Waals surface area (Å²) in [6, 6.07) is 0. The molecule has 1 aliphatic carbocycles. The number of hydrogen-bond donors (Lipinski definition) is 1. The fourth-order valence-corrected chi connectivity index (χ4v) is 2.66. The molecule has 84 valence electrons. The van der Waals surface area contributed by atoms with Gasteiger partial charge in [0.2, 0.25) is 0 Å². The van der Waals surface area contributed by atoms with E-state index in [2.05, 4.69) is 30.9 Å². The summed E-state index contributed by atoms with van der Waals surface area (Å²) in [6.45, 7) is 6.96. The summed E-state index contributed by atoms with van der Waals surface area (Å²) in [4.78, 5) is 2.54. The molecule has 1 fully saturated rings. The van der Waals surface area contributed by atoms with Crippen LogP contribution < -0.4 is 5.73 Å². The zero-order chi connectivity index (χ0) is 10.8. The van der Waals surface area contributed by atoms with Crippen molar-refractivity contribution >= 4 is 0 Å². The van der Waals surface area contributed by atoms with Crippen LogP contribution in [0.3, 0.4) is 0 Å². The number of nitrogens with zero attached hydrogens (tertiary/aromatic N) is 1. The van der Waals surface area contributed by atoms with Crippen LogP contribution in [0.15, 0.2) is 23.5 Å². The highest BCUT2D eigenvalue weighted by molar-refractivity contribution is 5.28. The number of likely N-dealkylation sites (tertiary alicyclic amines) is 1. The van der Waals surface area contributed by atoms with E-state index in [1.54, 1.807) is 0 Å². The van der Waals surface area contributed by atoms with Crippen LogP contribution in [0.5, 0.6) is 0 Å². The van der Waals surface area contributed by atoms with Gasteiger partial charge in [0.1, 0.15) is 0 Å². The number of rotatable bonds is 2. The molecule has 0 saturated carbocycles. The zero-order valence-electron chi connectivity index (χ0n) is 9.87. The summed E-state index contributed by atoms with van der Waals surface area (Å²) < 4.78 is 0. The molecule has 0 radical (unpaired) electrons. The number of hydrogen-bond acceptors (Lipinski definition) is 2. The van der Waals surface area contributed by atoms with Crippen molar-refractivity contribution in [2.24, 2.45) is 17.6 Å². The molecule has 0 amide bonds. The lowest BCUT2D eigenvalue weighted by molar-refractivity contribution is 0.219. The van der Waals surface area contributed by atoms with Gasteiger partial charge in [-0.3, -0.25) is 0 Å². The molecule has 2 nitrogen and oxygen atoms in total. The highest BCUT2D eigenvalue weighted by atomic mass is 15.1. The average molecular weight is 206 g/mol. The standard InChI is InChI=1S/C13H22N2/c1-10(2)9-15-7-3-4-11-5-6-12(14)8-13(11)15/h6,8,10-11H,3-5,7,9,14H2,1-2H3. The van der Waals surface area contributed by atoms with Crippen LogP contribution in [0.4, 0.5) is 0 Å². The number of piperidine rings is 1. The van der Waals surface area contributed by atoms with Gasteiger partial charge < -0.3 is 10.6 Å². The normalized spacial score (nSPS) is 26.1. The van der Waals surface area contributed by atoms with Gasteiger partial charge in [-0.1, -0.05) is 19.9 Å². The first-order chi connectivity index (χ1) is 7.16. The van der Waals surface area contributed by atoms with Crippen LogP contribution in [0.1, 0.15) is 33.1 Å². The second-order valence-corrected chi connectivity index (χ2v) is 5.19. The van der Waals surface area contributed by atoms with Gasteiger partial charge in [0, 0.05) is 30.4 Å². The second kappa shape index (κ2) is 4.30. The molecule has 2 heteroatoms. The fraction of sp³-hybridized carbons (Fsp3) is 0.692. The van der Waals surface area contributed by atoms with Gasteiger partial charge in [0.15, 0.2) is 0 Å². The topological polar surface area (TPSA) is 29.3 Å². The van der Waals surface area contributed by atoms with Crippen LogP contribution in [0, 0.1) is 11.8 Å². The average Bonchev–Trinajstić information content (AvgIpc) is 2.18. The molecule has 1 unspecified atom stereocenters. The Kier molecular flexibility index (Phi) is 3.03. The van der Waals surface area contributed by atoms with Crippen molar-refractivity contribution in [1.29, 1.82) is 0 Å². The lowest BCUT2D eigenvalue weighted by Gasteiger charge is -2.39. The molecular weight excluding hydrogens is 184 g/mol. The van der Waals surface area contributed by atoms with Crippen LogP contribution >= 0.6 is 0 Å². The highest BCUT2D eigenvalue weighted by Gasteiger charge is 2.26. The number of allylic oxidation sites excluding steroid dienone is 3. The smallest absolute Gasteiger partial charge is 0.0291 e. The van der Waals surface area contributed by atoms with Gasteiger partial charge in [-0.2, -0.15) is 0 Å². The van der Waals surface area contributed by atoms with Gasteiger partial charge in [-0.05, 0) is 31.3 Å². The molecule has 1 aliphatic heterocycles. The quantitative estimate of drug-likeness (QED) is 0.752. The molecule has 1 atom stereocenters. The summed E-state index contributed by atoms with van der Waals surface area (Å²) in [7, 11) is 0. The molecule has 0 bridgehead atoms. The van der Waals surface area contributed by atoms with Crippen molar-refractivity contribution in [2.45, 2.75) is 33.1 Å². The fourth-order valence-electron chi connectivity index (χ4n) is 2.66. The molecule has 0 spiro atoms. The van der Waals surface area contributed by atoms with Gasteiger partial charge in [-0.15, -0.1) is 0 Å². The van der Waals surface area contributed by atoms with Crippen molar-refractivity contribution in [2.75, 3.05) is 13.1 Å². The third kappa shape index (κ3) is 2.36. The largest absolute Gasteiger partial charge is 0.399 e. The molecule has 2 rings (SSSR count). The van der Waals surface area contributed by atoms with Crippen molar-refractivity contribution in [3.8, 4) is 0 Å². The van der Waals surface area contributed by atoms with E-state index in [1.165, 1.54) is 31.6 Å². The molecular formula is C13H22N2. The van der Waals surface area contributed by atoms with E-state index in [1.807, 2.05) is 0 Å². The van der Waals surface area contributed by atoms with Crippen molar-refractivity contribution < 1.29 is 0 Å². The minimum atomic E-state index is 0.733. The van der Waals surface area contributed by atoms with E-state index in [0.29, 0.717) is 0 Å². The van der Waals surface area contributed by atoms with Crippen molar-refractivity contribution in [3.63, 3.8) is 0 Å². The maximum Gasteiger partial charge on any atom is 0.0291 e. The SMILES string of the molecule is CC(C)CN1CCCC2CC=C(N)C=C21. The Morgan fingerprint density at radius 2 is 2.33 bits per heavy atom. The minimum Gasteiger partial charge on any atom is -0.399 e. The van der Waals surface area contributed by atoms with E-state index in [0.717, 1.165) is 24.0 Å². The summed E-state index contributed by atoms with van der Waals surface area (Å²) in [5, 5.41) is 0. The Morgan fingerprint density at radius 3 is 3.07 bits per heavy atom. The van der Waals surface area contributed by atoms with Gasteiger partial charge >= 0.3 is 0 Å². The lowest BCUT2D eigenvalue weighted by Crippen LogP contribution is -2.36. The molecule has 2 N–H and O–H groups in total. The summed E-state index contributed by atoms with van der Waals surface area (Å²) in [5.41, 5.74) is 8.34. The maximum atomic E-state index is 5.89. The molecule has 0 aromatic carbocycles. The predicted octanol–water partition coefficient (Wildman–Crippen LogP) is 2.48. The van der Waals surface area contributed by atoms with E-state index in [4.69, 9.17) is 5.73 Å². The van der Waals surface area contributed by atoms with Crippen LogP contribution in [-0.2, 0) is 0 Å². The Hall–Kier alpha value is -0.920. The van der Waals surface area contributed by atoms with Gasteiger partial charge in [-0.25, -0.2) is 0 Å². The third-order valence-corrected chi connectivity index (χ3v) is 3.30. The van der Waals surface area contributed by atoms with Crippen molar-refractivity contribution in [3.05, 3.63) is 23.5 Å². The first kappa shape index (κ1) is 10.6. The molecule has 1 saturated heterocycles. The monoisotopic (exact) mass is 206 g/mol. The van der Waals surface area contributed by atoms with Crippen molar-refractivity contribution in [1.82, 2.24) is 4.90 Å². The van der Waals surface area contributed by atoms with E-state index >= 15 is 0 Å². The summed E-state index contributed by atoms with van der Waals surface area (Å²) in [5.74, 6) is 1.47. The maximum absolute atomic E-state index is 5.89. The Bertz CT molecular complexity index is 289. The first-order valence-corrected chi connectivity index (χ1v) is 6.09. The Balaban J connectivity index is 2.13. The zero-order valence-corrected chi connectivity index (χ0v) is 9.87. The van der Waals surface area contributed by atoms with E-state index in [-0.39, 0.29) is 0 Å². The molecule has 0 aromatic rings. The Labute approximate surface area is 92.8 Å². The van der Waals surface area contributed by atoms with Crippen LogP contribution in [0.25, 0.3) is 0 Å². The number of nitrogens with two attached hydrogens (primary N) is 1. The summed E-state index contributed by atoms with van der Waals surface area (Å²) >= 11 is 0. The van der Waals surface area contributed by atoms with E-state index in [9.17, 15) is 0 Å². The molecule has 15 heavy (non-hydrogen) atoms. The number of fused-ring (bicyclic) bond motifs is 1.